The number of carboxylic acids is 1. The van der Waals surface area contributed by atoms with Crippen molar-refractivity contribution in [2.75, 3.05) is 17.3 Å². The highest BCUT2D eigenvalue weighted by Gasteiger charge is 2.22. The van der Waals surface area contributed by atoms with Crippen LogP contribution in [-0.4, -0.2) is 37.9 Å². The van der Waals surface area contributed by atoms with Gasteiger partial charge in [-0.25, -0.2) is 4.98 Å². The molecule has 0 saturated carbocycles. The highest BCUT2D eigenvalue weighted by molar-refractivity contribution is 8.00. The molecule has 1 N–H and O–H groups in total. The lowest BCUT2D eigenvalue weighted by atomic mass is 10.2. The van der Waals surface area contributed by atoms with Crippen LogP contribution in [-0.2, 0) is 4.79 Å². The van der Waals surface area contributed by atoms with Crippen molar-refractivity contribution in [3.05, 3.63) is 24.3 Å². The van der Waals surface area contributed by atoms with Crippen LogP contribution < -0.4 is 0 Å². The van der Waals surface area contributed by atoms with Gasteiger partial charge in [-0.3, -0.25) is 4.79 Å². The molecule has 1 saturated heterocycles. The topological polar surface area (TPSA) is 55.1 Å². The van der Waals surface area contributed by atoms with Gasteiger partial charge in [0, 0.05) is 11.8 Å². The molecule has 20 heavy (non-hydrogen) atoms. The summed E-state index contributed by atoms with van der Waals surface area (Å²) < 4.78 is 2.25. The lowest BCUT2D eigenvalue weighted by Gasteiger charge is -2.24. The van der Waals surface area contributed by atoms with Gasteiger partial charge < -0.3 is 9.67 Å². The Balaban J connectivity index is 2.00. The second kappa shape index (κ2) is 6.10. The van der Waals surface area contributed by atoms with Gasteiger partial charge in [-0.05, 0) is 30.7 Å². The van der Waals surface area contributed by atoms with E-state index in [-0.39, 0.29) is 5.75 Å². The van der Waals surface area contributed by atoms with Crippen LogP contribution in [0.15, 0.2) is 29.4 Å². The zero-order valence-electron chi connectivity index (χ0n) is 11.0. The molecule has 4 nitrogen and oxygen atoms in total. The molecule has 0 amide bonds. The molecule has 106 valence electrons. The summed E-state index contributed by atoms with van der Waals surface area (Å²) in [6.45, 7) is 0. The van der Waals surface area contributed by atoms with E-state index < -0.39 is 5.97 Å². The summed E-state index contributed by atoms with van der Waals surface area (Å²) in [6.07, 6.45) is 2.36. The zero-order chi connectivity index (χ0) is 13.9. The molecule has 1 aliphatic heterocycles. The van der Waals surface area contributed by atoms with Crippen LogP contribution in [0.25, 0.3) is 11.0 Å². The summed E-state index contributed by atoms with van der Waals surface area (Å²) in [6, 6.07) is 8.49. The lowest BCUT2D eigenvalue weighted by molar-refractivity contribution is -0.133. The Morgan fingerprint density at radius 1 is 1.50 bits per heavy atom. The van der Waals surface area contributed by atoms with Gasteiger partial charge in [0.15, 0.2) is 5.16 Å². The number of carboxylic acid groups (broad SMARTS) is 1. The van der Waals surface area contributed by atoms with Crippen LogP contribution in [0.2, 0.25) is 0 Å². The minimum absolute atomic E-state index is 0.0587. The fraction of sp³-hybridized carbons (Fsp3) is 0.429. The quantitative estimate of drug-likeness (QED) is 0.878. The number of nitrogens with zero attached hydrogens (tertiary/aromatic N) is 2. The summed E-state index contributed by atoms with van der Waals surface area (Å²) in [5.74, 6) is 1.57. The van der Waals surface area contributed by atoms with Gasteiger partial charge in [0.05, 0.1) is 16.8 Å². The molecule has 1 aliphatic rings. The summed E-state index contributed by atoms with van der Waals surface area (Å²) in [5, 5.41) is 9.72. The molecule has 2 heterocycles. The number of thioether (sulfide) groups is 2. The van der Waals surface area contributed by atoms with Crippen LogP contribution in [0.1, 0.15) is 18.9 Å². The van der Waals surface area contributed by atoms with E-state index in [0.29, 0.717) is 6.04 Å². The van der Waals surface area contributed by atoms with Crippen LogP contribution >= 0.6 is 23.5 Å². The molecule has 1 aromatic carbocycles. The van der Waals surface area contributed by atoms with E-state index in [0.717, 1.165) is 28.4 Å². The largest absolute Gasteiger partial charge is 0.481 e. The maximum atomic E-state index is 10.8. The Morgan fingerprint density at radius 3 is 3.10 bits per heavy atom. The molecule has 2 aromatic rings. The first-order valence-electron chi connectivity index (χ1n) is 6.65. The fourth-order valence-corrected chi connectivity index (χ4v) is 4.46. The molecule has 0 radical (unpaired) electrons. The third-order valence-electron chi connectivity index (χ3n) is 3.39. The minimum Gasteiger partial charge on any atom is -0.481 e. The number of aliphatic carboxylic acids is 1. The van der Waals surface area contributed by atoms with E-state index in [4.69, 9.17) is 5.11 Å². The van der Waals surface area contributed by atoms with Crippen molar-refractivity contribution in [2.45, 2.75) is 24.0 Å². The van der Waals surface area contributed by atoms with Crippen LogP contribution in [0.4, 0.5) is 0 Å². The van der Waals surface area contributed by atoms with Crippen molar-refractivity contribution in [2.24, 2.45) is 0 Å². The van der Waals surface area contributed by atoms with Gasteiger partial charge in [0.2, 0.25) is 0 Å². The second-order valence-corrected chi connectivity index (χ2v) is 6.90. The average Bonchev–Trinajstić information content (AvgIpc) is 2.84. The summed E-state index contributed by atoms with van der Waals surface area (Å²) in [4.78, 5) is 15.4. The molecule has 3 rings (SSSR count). The first-order valence-corrected chi connectivity index (χ1v) is 8.79. The predicted octanol–water partition coefficient (Wildman–Crippen LogP) is 3.28. The smallest absolute Gasteiger partial charge is 0.313 e. The van der Waals surface area contributed by atoms with Crippen molar-refractivity contribution in [3.8, 4) is 0 Å². The number of hydrogen-bond acceptors (Lipinski definition) is 4. The van der Waals surface area contributed by atoms with E-state index in [9.17, 15) is 4.79 Å². The third-order valence-corrected chi connectivity index (χ3v) is 5.52. The highest BCUT2D eigenvalue weighted by Crippen LogP contribution is 2.34. The highest BCUT2D eigenvalue weighted by atomic mass is 32.2. The predicted molar refractivity (Wildman–Crippen MR) is 83.7 cm³/mol. The van der Waals surface area contributed by atoms with Crippen molar-refractivity contribution < 1.29 is 9.90 Å². The Hall–Kier alpha value is -1.14. The first kappa shape index (κ1) is 13.8. The minimum atomic E-state index is -0.799. The number of hydrogen-bond donors (Lipinski definition) is 1. The van der Waals surface area contributed by atoms with Gasteiger partial charge in [-0.1, -0.05) is 23.9 Å². The number of carbonyl (C=O) groups is 1. The third kappa shape index (κ3) is 2.81. The molecule has 0 bridgehead atoms. The van der Waals surface area contributed by atoms with Crippen molar-refractivity contribution in [1.29, 1.82) is 0 Å². The van der Waals surface area contributed by atoms with E-state index in [1.165, 1.54) is 23.9 Å². The number of benzene rings is 1. The second-order valence-electron chi connectivity index (χ2n) is 4.81. The normalized spacial score (nSPS) is 19.3. The number of para-hydroxylation sites is 2. The van der Waals surface area contributed by atoms with Gasteiger partial charge in [0.1, 0.15) is 0 Å². The van der Waals surface area contributed by atoms with E-state index in [1.807, 2.05) is 30.0 Å². The maximum absolute atomic E-state index is 10.8. The molecular weight excluding hydrogens is 292 g/mol. The number of rotatable bonds is 4. The SMILES string of the molecule is O=C(O)CSc1nc2ccccc2n1C1CCCSC1. The van der Waals surface area contributed by atoms with E-state index >= 15 is 0 Å². The molecule has 1 aromatic heterocycles. The Bertz CT molecular complexity index is 621. The fourth-order valence-electron chi connectivity index (χ4n) is 2.53. The first-order chi connectivity index (χ1) is 9.75. The molecule has 6 heteroatoms. The zero-order valence-corrected chi connectivity index (χ0v) is 12.6. The van der Waals surface area contributed by atoms with Crippen molar-refractivity contribution >= 4 is 40.5 Å². The van der Waals surface area contributed by atoms with Gasteiger partial charge >= 0.3 is 5.97 Å². The Morgan fingerprint density at radius 2 is 2.35 bits per heavy atom. The van der Waals surface area contributed by atoms with Crippen LogP contribution in [0, 0.1) is 0 Å². The number of fused-ring (bicyclic) bond motifs is 1. The number of imidazole rings is 1. The van der Waals surface area contributed by atoms with Crippen molar-refractivity contribution in [1.82, 2.24) is 9.55 Å². The molecule has 0 spiro atoms. The molecule has 1 atom stereocenters. The molecule has 1 unspecified atom stereocenters. The van der Waals surface area contributed by atoms with Crippen molar-refractivity contribution in [3.63, 3.8) is 0 Å². The summed E-state index contributed by atoms with van der Waals surface area (Å²) >= 11 is 3.29. The van der Waals surface area contributed by atoms with Gasteiger partial charge in [-0.2, -0.15) is 11.8 Å². The molecule has 1 fully saturated rings. The monoisotopic (exact) mass is 308 g/mol. The Kier molecular flexibility index (Phi) is 4.21. The number of aromatic nitrogens is 2. The Labute approximate surface area is 126 Å². The van der Waals surface area contributed by atoms with Gasteiger partial charge in [-0.15, -0.1) is 0 Å². The van der Waals surface area contributed by atoms with Crippen LogP contribution in [0.3, 0.4) is 0 Å². The molecule has 0 aliphatic carbocycles. The summed E-state index contributed by atoms with van der Waals surface area (Å²) in [5.41, 5.74) is 2.07. The summed E-state index contributed by atoms with van der Waals surface area (Å²) in [7, 11) is 0. The lowest BCUT2D eigenvalue weighted by Crippen LogP contribution is -2.17. The average molecular weight is 308 g/mol. The van der Waals surface area contributed by atoms with Crippen LogP contribution in [0.5, 0.6) is 0 Å². The van der Waals surface area contributed by atoms with E-state index in [1.54, 1.807) is 0 Å². The van der Waals surface area contributed by atoms with E-state index in [2.05, 4.69) is 15.6 Å². The maximum Gasteiger partial charge on any atom is 0.313 e. The standard InChI is InChI=1S/C14H16N2O2S2/c17-13(18)9-20-14-15-11-5-1-2-6-12(11)16(14)10-4-3-7-19-8-10/h1-2,5-6,10H,3-4,7-9H2,(H,17,18). The van der Waals surface area contributed by atoms with Gasteiger partial charge in [0.25, 0.3) is 0 Å². The molecular formula is C14H16N2O2S2.